The smallest absolute Gasteiger partial charge is 0.276 e. The zero-order valence-corrected chi connectivity index (χ0v) is 10.1. The largest absolute Gasteiger partial charge is 0.394 e. The van der Waals surface area contributed by atoms with E-state index in [1.54, 1.807) is 7.05 Å². The Morgan fingerprint density at radius 2 is 2.17 bits per heavy atom. The van der Waals surface area contributed by atoms with Crippen LogP contribution >= 0.6 is 0 Å². The Hall–Kier alpha value is -1.89. The molecule has 1 aliphatic carbocycles. The lowest BCUT2D eigenvalue weighted by Gasteiger charge is -2.41. The van der Waals surface area contributed by atoms with Gasteiger partial charge in [0.25, 0.3) is 5.69 Å². The predicted octanol–water partition coefficient (Wildman–Crippen LogP) is 1.36. The third-order valence-electron chi connectivity index (χ3n) is 3.28. The fourth-order valence-electron chi connectivity index (χ4n) is 2.01. The molecule has 2 rings (SSSR count). The predicted molar refractivity (Wildman–Crippen MR) is 67.7 cm³/mol. The van der Waals surface area contributed by atoms with Crippen LogP contribution in [0, 0.1) is 10.1 Å². The van der Waals surface area contributed by atoms with E-state index in [-0.39, 0.29) is 17.8 Å². The molecule has 18 heavy (non-hydrogen) atoms. The lowest BCUT2D eigenvalue weighted by Crippen LogP contribution is -2.48. The molecule has 7 heteroatoms. The van der Waals surface area contributed by atoms with Crippen LogP contribution in [0.1, 0.15) is 19.3 Å². The third kappa shape index (κ3) is 2.35. The van der Waals surface area contributed by atoms with E-state index in [2.05, 4.69) is 15.6 Å². The fraction of sp³-hybridized carbons (Fsp3) is 0.545. The van der Waals surface area contributed by atoms with Crippen molar-refractivity contribution in [1.29, 1.82) is 0 Å². The Morgan fingerprint density at radius 1 is 1.50 bits per heavy atom. The molecule has 3 N–H and O–H groups in total. The molecule has 0 unspecified atom stereocenters. The number of nitro groups is 1. The van der Waals surface area contributed by atoms with Crippen molar-refractivity contribution in [2.24, 2.45) is 0 Å². The summed E-state index contributed by atoms with van der Waals surface area (Å²) >= 11 is 0. The van der Waals surface area contributed by atoms with Gasteiger partial charge in [-0.1, -0.05) is 0 Å². The molecule has 98 valence electrons. The van der Waals surface area contributed by atoms with Gasteiger partial charge in [0.2, 0.25) is 0 Å². The van der Waals surface area contributed by atoms with Gasteiger partial charge < -0.3 is 15.7 Å². The molecule has 0 atom stereocenters. The van der Waals surface area contributed by atoms with E-state index in [1.807, 2.05) is 0 Å². The lowest BCUT2D eigenvalue weighted by molar-refractivity contribution is -0.384. The molecule has 1 fully saturated rings. The van der Waals surface area contributed by atoms with Crippen LogP contribution in [0.15, 0.2) is 12.1 Å². The number of nitrogens with one attached hydrogen (secondary N) is 2. The highest BCUT2D eigenvalue weighted by Crippen LogP contribution is 2.35. The van der Waals surface area contributed by atoms with Crippen LogP contribution in [-0.4, -0.2) is 34.2 Å². The van der Waals surface area contributed by atoms with Crippen molar-refractivity contribution < 1.29 is 10.0 Å². The first-order chi connectivity index (χ1) is 8.58. The van der Waals surface area contributed by atoms with Gasteiger partial charge >= 0.3 is 0 Å². The summed E-state index contributed by atoms with van der Waals surface area (Å²) in [7, 11) is 1.65. The van der Waals surface area contributed by atoms with Crippen LogP contribution in [0.25, 0.3) is 0 Å². The van der Waals surface area contributed by atoms with E-state index in [0.717, 1.165) is 19.3 Å². The molecule has 0 bridgehead atoms. The molecule has 0 amide bonds. The number of pyridine rings is 1. The van der Waals surface area contributed by atoms with Crippen LogP contribution in [0.3, 0.4) is 0 Å². The van der Waals surface area contributed by atoms with Gasteiger partial charge in [-0.25, -0.2) is 4.98 Å². The standard InChI is InChI=1S/C11H16N4O3/c1-12-9-5-8(15(17)18)6-10(13-9)14-11(7-16)3-2-4-11/h5-6,16H,2-4,7H2,1H3,(H2,12,13,14). The Morgan fingerprint density at radius 3 is 2.61 bits per heavy atom. The average Bonchev–Trinajstić information content (AvgIpc) is 2.33. The molecule has 1 saturated carbocycles. The van der Waals surface area contributed by atoms with Crippen molar-refractivity contribution in [3.8, 4) is 0 Å². The van der Waals surface area contributed by atoms with Gasteiger partial charge in [-0.15, -0.1) is 0 Å². The van der Waals surface area contributed by atoms with E-state index >= 15 is 0 Å². The first-order valence-electron chi connectivity index (χ1n) is 5.82. The quantitative estimate of drug-likeness (QED) is 0.540. The summed E-state index contributed by atoms with van der Waals surface area (Å²) in [4.78, 5) is 14.6. The molecule has 1 aromatic heterocycles. The number of aliphatic hydroxyl groups is 1. The van der Waals surface area contributed by atoms with Crippen LogP contribution in [0.5, 0.6) is 0 Å². The number of aliphatic hydroxyl groups excluding tert-OH is 1. The number of rotatable bonds is 5. The molecule has 0 aromatic carbocycles. The normalized spacial score (nSPS) is 16.8. The summed E-state index contributed by atoms with van der Waals surface area (Å²) in [5.74, 6) is 0.849. The zero-order valence-electron chi connectivity index (χ0n) is 10.1. The SMILES string of the molecule is CNc1cc([N+](=O)[O-])cc(NC2(CO)CCC2)n1. The summed E-state index contributed by atoms with van der Waals surface area (Å²) in [5, 5.41) is 26.1. The van der Waals surface area contributed by atoms with Crippen LogP contribution in [0.4, 0.5) is 17.3 Å². The number of aromatic nitrogens is 1. The first-order valence-corrected chi connectivity index (χ1v) is 5.82. The molecular weight excluding hydrogens is 236 g/mol. The number of hydrogen-bond acceptors (Lipinski definition) is 6. The maximum absolute atomic E-state index is 10.8. The zero-order chi connectivity index (χ0) is 13.2. The van der Waals surface area contributed by atoms with Crippen molar-refractivity contribution in [3.63, 3.8) is 0 Å². The van der Waals surface area contributed by atoms with Crippen molar-refractivity contribution >= 4 is 17.3 Å². The van der Waals surface area contributed by atoms with Crippen LogP contribution < -0.4 is 10.6 Å². The Balaban J connectivity index is 2.26. The minimum Gasteiger partial charge on any atom is -0.394 e. The molecule has 0 radical (unpaired) electrons. The van der Waals surface area contributed by atoms with Crippen molar-refractivity contribution in [1.82, 2.24) is 4.98 Å². The van der Waals surface area contributed by atoms with E-state index in [0.29, 0.717) is 11.6 Å². The van der Waals surface area contributed by atoms with Crippen LogP contribution in [0.2, 0.25) is 0 Å². The Bertz CT molecular complexity index is 454. The van der Waals surface area contributed by atoms with Crippen molar-refractivity contribution in [2.75, 3.05) is 24.3 Å². The monoisotopic (exact) mass is 252 g/mol. The van der Waals surface area contributed by atoms with Gasteiger partial charge in [0.05, 0.1) is 29.2 Å². The summed E-state index contributed by atoms with van der Waals surface area (Å²) in [5.41, 5.74) is -0.392. The van der Waals surface area contributed by atoms with Gasteiger partial charge in [0, 0.05) is 7.05 Å². The average molecular weight is 252 g/mol. The molecule has 0 aliphatic heterocycles. The van der Waals surface area contributed by atoms with Gasteiger partial charge in [0.15, 0.2) is 0 Å². The second kappa shape index (κ2) is 4.77. The maximum Gasteiger partial charge on any atom is 0.276 e. The minimum atomic E-state index is -0.458. The number of anilines is 2. The van der Waals surface area contributed by atoms with Gasteiger partial charge in [-0.2, -0.15) is 0 Å². The molecule has 0 saturated heterocycles. The second-order valence-electron chi connectivity index (χ2n) is 4.52. The number of nitrogens with zero attached hydrogens (tertiary/aromatic N) is 2. The second-order valence-corrected chi connectivity index (χ2v) is 4.52. The van der Waals surface area contributed by atoms with Gasteiger partial charge in [0.1, 0.15) is 11.6 Å². The molecule has 1 aromatic rings. The fourth-order valence-corrected chi connectivity index (χ4v) is 2.01. The lowest BCUT2D eigenvalue weighted by atomic mass is 9.77. The van der Waals surface area contributed by atoms with E-state index in [4.69, 9.17) is 0 Å². The Labute approximate surface area is 104 Å². The highest BCUT2D eigenvalue weighted by molar-refractivity contribution is 5.55. The van der Waals surface area contributed by atoms with Crippen molar-refractivity contribution in [3.05, 3.63) is 22.2 Å². The van der Waals surface area contributed by atoms with E-state index in [1.165, 1.54) is 12.1 Å². The number of hydrogen-bond donors (Lipinski definition) is 3. The topological polar surface area (TPSA) is 100 Å². The maximum atomic E-state index is 10.8. The first kappa shape index (κ1) is 12.6. The third-order valence-corrected chi connectivity index (χ3v) is 3.28. The Kier molecular flexibility index (Phi) is 3.33. The summed E-state index contributed by atoms with van der Waals surface area (Å²) in [6.07, 6.45) is 2.74. The van der Waals surface area contributed by atoms with E-state index < -0.39 is 4.92 Å². The molecule has 7 nitrogen and oxygen atoms in total. The molecular formula is C11H16N4O3. The van der Waals surface area contributed by atoms with Crippen LogP contribution in [-0.2, 0) is 0 Å². The molecule has 1 aliphatic rings. The molecule has 1 heterocycles. The summed E-state index contributed by atoms with van der Waals surface area (Å²) < 4.78 is 0. The summed E-state index contributed by atoms with van der Waals surface area (Å²) in [6.45, 7) is 0.00621. The molecule has 0 spiro atoms. The highest BCUT2D eigenvalue weighted by Gasteiger charge is 2.36. The highest BCUT2D eigenvalue weighted by atomic mass is 16.6. The van der Waals surface area contributed by atoms with Gasteiger partial charge in [-0.3, -0.25) is 10.1 Å². The van der Waals surface area contributed by atoms with E-state index in [9.17, 15) is 15.2 Å². The summed E-state index contributed by atoms with van der Waals surface area (Å²) in [6, 6.07) is 2.76. The van der Waals surface area contributed by atoms with Crippen molar-refractivity contribution in [2.45, 2.75) is 24.8 Å². The minimum absolute atomic E-state index is 0.00621. The van der Waals surface area contributed by atoms with Gasteiger partial charge in [-0.05, 0) is 19.3 Å².